The van der Waals surface area contributed by atoms with E-state index in [0.29, 0.717) is 0 Å². The van der Waals surface area contributed by atoms with Gasteiger partial charge in [0, 0.05) is 11.3 Å². The average molecular weight is 621 g/mol. The van der Waals surface area contributed by atoms with Crippen LogP contribution in [0.1, 0.15) is 35.3 Å². The van der Waals surface area contributed by atoms with Crippen LogP contribution < -0.4 is 10.2 Å². The first-order valence-corrected chi connectivity index (χ1v) is 13.9. The fourth-order valence-corrected chi connectivity index (χ4v) is 8.55. The van der Waals surface area contributed by atoms with E-state index in [1.165, 1.54) is 6.07 Å². The maximum Gasteiger partial charge on any atom is 0.255 e. The maximum absolute atomic E-state index is 13.6. The molecule has 5 nitrogen and oxygen atoms in total. The molecule has 2 aromatic rings. The molecule has 2 aromatic carbocycles. The van der Waals surface area contributed by atoms with E-state index in [0.717, 1.165) is 34.6 Å². The summed E-state index contributed by atoms with van der Waals surface area (Å²) < 4.78 is -2.00. The highest BCUT2D eigenvalue weighted by Gasteiger charge is 2.87. The first kappa shape index (κ1) is 27.1. The third-order valence-electron chi connectivity index (χ3n) is 7.51. The molecule has 2 fully saturated rings. The lowest BCUT2D eigenvalue weighted by Crippen LogP contribution is -2.50. The van der Waals surface area contributed by atoms with E-state index >= 15 is 0 Å². The molecule has 37 heavy (non-hydrogen) atoms. The highest BCUT2D eigenvalue weighted by atomic mass is 35.5. The predicted molar refractivity (Wildman–Crippen MR) is 149 cm³/mol. The van der Waals surface area contributed by atoms with Gasteiger partial charge in [0.25, 0.3) is 5.91 Å². The summed E-state index contributed by atoms with van der Waals surface area (Å²) in [5, 5.41) is 2.67. The highest BCUT2D eigenvalue weighted by molar-refractivity contribution is 6.67. The monoisotopic (exact) mass is 618 g/mol. The van der Waals surface area contributed by atoms with Crippen LogP contribution in [0.15, 0.2) is 52.5 Å². The normalized spacial score (nSPS) is 29.8. The van der Waals surface area contributed by atoms with Crippen LogP contribution in [0.2, 0.25) is 0 Å². The molecule has 2 aliphatic carbocycles. The Morgan fingerprint density at radius 3 is 1.84 bits per heavy atom. The Balaban J connectivity index is 1.50. The molecule has 0 unspecified atom stereocenters. The van der Waals surface area contributed by atoms with Crippen molar-refractivity contribution < 1.29 is 14.4 Å². The number of imide groups is 1. The summed E-state index contributed by atoms with van der Waals surface area (Å²) >= 11 is 39.4. The molecule has 0 spiro atoms. The Morgan fingerprint density at radius 1 is 0.865 bits per heavy atom. The number of rotatable bonds is 5. The molecule has 1 aliphatic heterocycles. The van der Waals surface area contributed by atoms with Gasteiger partial charge in [-0.25, -0.2) is 4.90 Å². The molecule has 1 heterocycles. The number of amides is 3. The number of benzene rings is 2. The van der Waals surface area contributed by atoms with Crippen LogP contribution in [0.25, 0.3) is 0 Å². The fourth-order valence-electron chi connectivity index (χ4n) is 5.62. The molecule has 2 bridgehead atoms. The van der Waals surface area contributed by atoms with E-state index < -0.39 is 37.7 Å². The number of fused-ring (bicyclic) bond motifs is 5. The number of hydrogen-bond donors (Lipinski definition) is 1. The van der Waals surface area contributed by atoms with Crippen LogP contribution in [0.5, 0.6) is 0 Å². The number of anilines is 2. The van der Waals surface area contributed by atoms with Crippen molar-refractivity contribution in [1.82, 2.24) is 0 Å². The number of aryl methyl sites for hydroxylation is 2. The number of carbonyl (C=O) groups is 3. The van der Waals surface area contributed by atoms with Crippen molar-refractivity contribution in [3.8, 4) is 0 Å². The summed E-state index contributed by atoms with van der Waals surface area (Å²) in [5.74, 6) is -4.23. The Hall–Kier alpha value is -1.47. The van der Waals surface area contributed by atoms with Crippen molar-refractivity contribution in [2.45, 2.75) is 40.8 Å². The van der Waals surface area contributed by atoms with Gasteiger partial charge in [0.15, 0.2) is 4.33 Å². The van der Waals surface area contributed by atoms with E-state index in [-0.39, 0.29) is 27.2 Å². The summed E-state index contributed by atoms with van der Waals surface area (Å²) in [7, 11) is 0. The summed E-state index contributed by atoms with van der Waals surface area (Å²) in [6.07, 6.45) is 1.48. The number of para-hydroxylation sites is 1. The van der Waals surface area contributed by atoms with Gasteiger partial charge in [0.05, 0.1) is 27.6 Å². The molecule has 194 valence electrons. The van der Waals surface area contributed by atoms with Gasteiger partial charge in [-0.05, 0) is 42.2 Å². The Bertz CT molecular complexity index is 1340. The van der Waals surface area contributed by atoms with Crippen molar-refractivity contribution in [2.75, 3.05) is 10.2 Å². The Labute approximate surface area is 244 Å². The van der Waals surface area contributed by atoms with Crippen molar-refractivity contribution in [1.29, 1.82) is 0 Å². The molecule has 5 rings (SSSR count). The zero-order valence-corrected chi connectivity index (χ0v) is 24.1. The molecular weight excluding hydrogens is 601 g/mol. The van der Waals surface area contributed by atoms with Crippen LogP contribution in [0, 0.1) is 11.8 Å². The molecule has 11 heteroatoms. The first-order valence-electron chi connectivity index (χ1n) is 11.6. The summed E-state index contributed by atoms with van der Waals surface area (Å²) in [5.41, 5.74) is 3.20. The SMILES string of the molecule is CCc1cccc(CC)c1NC(=O)c1cccc(N2C(=O)[C@@H]3[C@H](C2=O)[C@@]2(Cl)C(Cl)=C(Cl)[C@@]3(Cl)C2(Cl)Cl)c1. The molecule has 4 atom stereocenters. The van der Waals surface area contributed by atoms with Crippen LogP contribution in [-0.4, -0.2) is 31.8 Å². The van der Waals surface area contributed by atoms with Gasteiger partial charge >= 0.3 is 0 Å². The summed E-state index contributed by atoms with van der Waals surface area (Å²) in [6, 6.07) is 12.1. The van der Waals surface area contributed by atoms with Gasteiger partial charge in [0.1, 0.15) is 9.75 Å². The molecule has 1 saturated carbocycles. The zero-order chi connectivity index (χ0) is 27.1. The third kappa shape index (κ3) is 3.34. The largest absolute Gasteiger partial charge is 0.321 e. The van der Waals surface area contributed by atoms with Gasteiger partial charge in [-0.2, -0.15) is 0 Å². The molecule has 3 aliphatic rings. The Morgan fingerprint density at radius 2 is 1.35 bits per heavy atom. The van der Waals surface area contributed by atoms with Crippen LogP contribution in [-0.2, 0) is 22.4 Å². The highest BCUT2D eigenvalue weighted by Crippen LogP contribution is 2.77. The second-order valence-corrected chi connectivity index (χ2v) is 12.5. The third-order valence-corrected chi connectivity index (χ3v) is 11.8. The van der Waals surface area contributed by atoms with Gasteiger partial charge in [-0.1, -0.05) is 84.5 Å². The molecule has 0 aromatic heterocycles. The van der Waals surface area contributed by atoms with E-state index in [2.05, 4.69) is 5.32 Å². The molecule has 1 saturated heterocycles. The van der Waals surface area contributed by atoms with Crippen LogP contribution in [0.4, 0.5) is 11.4 Å². The number of carbonyl (C=O) groups excluding carboxylic acids is 3. The lowest BCUT2D eigenvalue weighted by Gasteiger charge is -2.34. The number of nitrogens with zero attached hydrogens (tertiary/aromatic N) is 1. The standard InChI is InChI=1S/C26H20Cl6N2O3/c1-3-12-7-5-8-13(4-2)18(12)33-21(35)14-9-6-10-15(11-14)34-22(36)16-17(23(34)37)25(30)20(28)19(27)24(16,29)26(25,31)32/h5-11,16-17H,3-4H2,1-2H3,(H,33,35)/t16-,17+,24-,25-/m1/s1. The molecule has 0 radical (unpaired) electrons. The second-order valence-electron chi connectivity index (χ2n) is 9.26. The van der Waals surface area contributed by atoms with Crippen molar-refractivity contribution >= 4 is 98.7 Å². The number of alkyl halides is 4. The van der Waals surface area contributed by atoms with E-state index in [1.807, 2.05) is 32.0 Å². The fraction of sp³-hybridized carbons (Fsp3) is 0.346. The van der Waals surface area contributed by atoms with Crippen molar-refractivity contribution in [2.24, 2.45) is 11.8 Å². The predicted octanol–water partition coefficient (Wildman–Crippen LogP) is 7.01. The Kier molecular flexibility index (Phi) is 6.62. The maximum atomic E-state index is 13.6. The molecule has 3 amide bonds. The quantitative estimate of drug-likeness (QED) is 0.289. The smallest absolute Gasteiger partial charge is 0.255 e. The minimum Gasteiger partial charge on any atom is -0.321 e. The van der Waals surface area contributed by atoms with Crippen molar-refractivity contribution in [3.63, 3.8) is 0 Å². The summed E-state index contributed by atoms with van der Waals surface area (Å²) in [6.45, 7) is 4.02. The number of allylic oxidation sites excluding steroid dienone is 2. The average Bonchev–Trinajstić information content (AvgIpc) is 3.27. The van der Waals surface area contributed by atoms with Gasteiger partial charge in [-0.15, -0.1) is 23.2 Å². The van der Waals surface area contributed by atoms with Crippen LogP contribution >= 0.6 is 69.6 Å². The van der Waals surface area contributed by atoms with Gasteiger partial charge in [-0.3, -0.25) is 14.4 Å². The van der Waals surface area contributed by atoms with E-state index in [9.17, 15) is 14.4 Å². The molecule has 1 N–H and O–H groups in total. The van der Waals surface area contributed by atoms with Gasteiger partial charge in [0.2, 0.25) is 11.8 Å². The lowest BCUT2D eigenvalue weighted by atomic mass is 9.84. The topological polar surface area (TPSA) is 66.5 Å². The number of halogens is 6. The number of nitrogens with one attached hydrogen (secondary N) is 1. The zero-order valence-electron chi connectivity index (χ0n) is 19.6. The molecular formula is C26H20Cl6N2O3. The second kappa shape index (κ2) is 9.04. The minimum absolute atomic E-state index is 0.158. The van der Waals surface area contributed by atoms with Crippen LogP contribution in [0.3, 0.4) is 0 Å². The summed E-state index contributed by atoms with van der Waals surface area (Å²) in [4.78, 5) is 37.7. The lowest BCUT2D eigenvalue weighted by molar-refractivity contribution is -0.123. The minimum atomic E-state index is -2.00. The van der Waals surface area contributed by atoms with E-state index in [1.54, 1.807) is 18.2 Å². The van der Waals surface area contributed by atoms with Gasteiger partial charge < -0.3 is 5.32 Å². The van der Waals surface area contributed by atoms with E-state index in [4.69, 9.17) is 69.6 Å². The number of hydrogen-bond acceptors (Lipinski definition) is 3. The van der Waals surface area contributed by atoms with Crippen molar-refractivity contribution in [3.05, 3.63) is 69.2 Å². The first-order chi connectivity index (χ1) is 17.4.